The minimum atomic E-state index is -0.667. The van der Waals surface area contributed by atoms with E-state index in [9.17, 15) is 15.0 Å². The van der Waals surface area contributed by atoms with Crippen molar-refractivity contribution in [3.05, 3.63) is 97.2 Å². The Bertz CT molecular complexity index is 1220. The van der Waals surface area contributed by atoms with Crippen molar-refractivity contribution in [3.63, 3.8) is 0 Å². The first kappa shape index (κ1) is 63.3. The standard InChI is InChI=1S/C62H109NO3/c1-3-5-7-9-11-13-15-17-19-21-23-24-25-26-27-28-29-30-31-32-33-34-35-36-37-38-40-42-44-46-48-50-52-54-56-58-62(66)63-60(59-64)61(65)57-55-53-51-49-47-45-43-41-39-22-20-18-16-14-12-10-8-6-4-2/h5,7,11,13,17,19,23-24,26-27,29-30,32-33,35-36,60-61,64-65H,3-4,6,8-10,12,14-16,18,20-22,25,28,31,34,37-59H2,1-2H3,(H,63,66)/b7-5-,13-11-,19-17-,24-23-,27-26-,30-29-,33-32-,36-35-. The highest BCUT2D eigenvalue weighted by atomic mass is 16.3. The number of hydrogen-bond donors (Lipinski definition) is 3. The van der Waals surface area contributed by atoms with Crippen molar-refractivity contribution >= 4 is 5.91 Å². The highest BCUT2D eigenvalue weighted by molar-refractivity contribution is 5.76. The van der Waals surface area contributed by atoms with Crippen LogP contribution in [-0.4, -0.2) is 34.9 Å². The maximum absolute atomic E-state index is 12.5. The molecule has 0 aliphatic carbocycles. The van der Waals surface area contributed by atoms with E-state index >= 15 is 0 Å². The highest BCUT2D eigenvalue weighted by Gasteiger charge is 2.20. The number of amides is 1. The van der Waals surface area contributed by atoms with Crippen molar-refractivity contribution in [1.82, 2.24) is 5.32 Å². The zero-order valence-electron chi connectivity index (χ0n) is 43.7. The molecule has 0 aromatic carbocycles. The average Bonchev–Trinajstić information content (AvgIpc) is 3.32. The molecule has 2 atom stereocenters. The SMILES string of the molecule is CC/C=C\C/C=C\C/C=C\C/C=C\C/C=C\C/C=C\C/C=C\C/C=C\CCCCCCCCCCCCC(=O)NC(CO)C(O)CCCCCCCCCCCCCCCCCCCCC. The first-order chi connectivity index (χ1) is 32.7. The average molecular weight is 917 g/mol. The van der Waals surface area contributed by atoms with Gasteiger partial charge in [0, 0.05) is 6.42 Å². The fraction of sp³-hybridized carbons (Fsp3) is 0.726. The summed E-state index contributed by atoms with van der Waals surface area (Å²) in [5, 5.41) is 23.3. The molecular weight excluding hydrogens is 807 g/mol. The van der Waals surface area contributed by atoms with E-state index in [1.807, 2.05) is 0 Å². The molecule has 0 spiro atoms. The summed E-state index contributed by atoms with van der Waals surface area (Å²) in [4.78, 5) is 12.5. The molecule has 0 fully saturated rings. The number of aliphatic hydroxyl groups excluding tert-OH is 2. The normalized spacial score (nSPS) is 13.6. The van der Waals surface area contributed by atoms with Gasteiger partial charge in [0.15, 0.2) is 0 Å². The van der Waals surface area contributed by atoms with Crippen LogP contribution in [0.15, 0.2) is 97.2 Å². The van der Waals surface area contributed by atoms with E-state index in [0.717, 1.165) is 77.0 Å². The lowest BCUT2D eigenvalue weighted by Gasteiger charge is -2.22. The molecule has 0 aliphatic rings. The van der Waals surface area contributed by atoms with E-state index in [1.54, 1.807) is 0 Å². The molecule has 0 rings (SSSR count). The number of aliphatic hydroxyl groups is 2. The van der Waals surface area contributed by atoms with Crippen LogP contribution < -0.4 is 5.32 Å². The van der Waals surface area contributed by atoms with Gasteiger partial charge in [-0.1, -0.05) is 284 Å². The zero-order chi connectivity index (χ0) is 47.7. The minimum absolute atomic E-state index is 0.0376. The van der Waals surface area contributed by atoms with Crippen LogP contribution in [0.5, 0.6) is 0 Å². The summed E-state index contributed by atoms with van der Waals surface area (Å²) in [6.45, 7) is 4.25. The van der Waals surface area contributed by atoms with Crippen molar-refractivity contribution in [2.45, 2.75) is 283 Å². The molecule has 380 valence electrons. The molecule has 4 heteroatoms. The topological polar surface area (TPSA) is 69.6 Å². The summed E-state index contributed by atoms with van der Waals surface area (Å²) in [6.07, 6.45) is 83.8. The Labute approximate surface area is 411 Å². The van der Waals surface area contributed by atoms with Gasteiger partial charge in [-0.2, -0.15) is 0 Å². The Morgan fingerprint density at radius 2 is 0.667 bits per heavy atom. The van der Waals surface area contributed by atoms with Gasteiger partial charge in [0.05, 0.1) is 18.8 Å². The van der Waals surface area contributed by atoms with Crippen LogP contribution in [0.2, 0.25) is 0 Å². The second-order valence-electron chi connectivity index (χ2n) is 19.0. The van der Waals surface area contributed by atoms with Gasteiger partial charge < -0.3 is 15.5 Å². The molecule has 0 aliphatic heterocycles. The molecule has 1 amide bonds. The number of rotatable bonds is 51. The summed E-state index contributed by atoms with van der Waals surface area (Å²) in [6, 6.07) is -0.545. The van der Waals surface area contributed by atoms with Crippen LogP contribution in [-0.2, 0) is 4.79 Å². The van der Waals surface area contributed by atoms with Crippen molar-refractivity contribution in [2.24, 2.45) is 0 Å². The first-order valence-electron chi connectivity index (χ1n) is 28.4. The van der Waals surface area contributed by atoms with Gasteiger partial charge in [0.25, 0.3) is 0 Å². The van der Waals surface area contributed by atoms with Gasteiger partial charge in [0.2, 0.25) is 5.91 Å². The largest absolute Gasteiger partial charge is 0.394 e. The molecule has 0 aromatic rings. The lowest BCUT2D eigenvalue weighted by molar-refractivity contribution is -0.123. The lowest BCUT2D eigenvalue weighted by Crippen LogP contribution is -2.45. The summed E-state index contributed by atoms with van der Waals surface area (Å²) in [5.41, 5.74) is 0. The molecule has 2 unspecified atom stereocenters. The van der Waals surface area contributed by atoms with E-state index in [2.05, 4.69) is 116 Å². The quantitative estimate of drug-likeness (QED) is 0.0421. The third-order valence-electron chi connectivity index (χ3n) is 12.6. The van der Waals surface area contributed by atoms with Crippen molar-refractivity contribution in [1.29, 1.82) is 0 Å². The molecule has 0 saturated heterocycles. The third-order valence-corrected chi connectivity index (χ3v) is 12.6. The van der Waals surface area contributed by atoms with E-state index in [1.165, 1.54) is 167 Å². The van der Waals surface area contributed by atoms with E-state index in [0.29, 0.717) is 12.8 Å². The van der Waals surface area contributed by atoms with Gasteiger partial charge in [-0.25, -0.2) is 0 Å². The van der Waals surface area contributed by atoms with Crippen LogP contribution in [0, 0.1) is 0 Å². The Morgan fingerprint density at radius 3 is 1.00 bits per heavy atom. The second kappa shape index (κ2) is 56.6. The second-order valence-corrected chi connectivity index (χ2v) is 19.0. The Kier molecular flexibility index (Phi) is 54.3. The fourth-order valence-corrected chi connectivity index (χ4v) is 8.32. The van der Waals surface area contributed by atoms with Gasteiger partial charge in [-0.05, 0) is 77.0 Å². The third kappa shape index (κ3) is 52.3. The van der Waals surface area contributed by atoms with Crippen LogP contribution in [0.3, 0.4) is 0 Å². The minimum Gasteiger partial charge on any atom is -0.394 e. The van der Waals surface area contributed by atoms with Gasteiger partial charge in [0.1, 0.15) is 0 Å². The molecule has 0 heterocycles. The predicted molar refractivity (Wildman–Crippen MR) is 294 cm³/mol. The van der Waals surface area contributed by atoms with E-state index in [4.69, 9.17) is 0 Å². The summed E-state index contributed by atoms with van der Waals surface area (Å²) in [5.74, 6) is -0.0376. The number of allylic oxidation sites excluding steroid dienone is 16. The van der Waals surface area contributed by atoms with Crippen molar-refractivity contribution in [2.75, 3.05) is 6.61 Å². The van der Waals surface area contributed by atoms with E-state index < -0.39 is 12.1 Å². The smallest absolute Gasteiger partial charge is 0.220 e. The molecule has 0 aromatic heterocycles. The molecule has 66 heavy (non-hydrogen) atoms. The Hall–Kier alpha value is -2.69. The maximum atomic E-state index is 12.5. The number of carbonyl (C=O) groups is 1. The number of unbranched alkanes of at least 4 members (excludes halogenated alkanes) is 28. The van der Waals surface area contributed by atoms with Crippen LogP contribution in [0.4, 0.5) is 0 Å². The molecule has 4 nitrogen and oxygen atoms in total. The number of nitrogens with one attached hydrogen (secondary N) is 1. The van der Waals surface area contributed by atoms with Gasteiger partial charge in [-0.3, -0.25) is 4.79 Å². The van der Waals surface area contributed by atoms with Gasteiger partial charge >= 0.3 is 0 Å². The number of hydrogen-bond acceptors (Lipinski definition) is 3. The molecule has 0 saturated carbocycles. The Balaban J connectivity index is 3.55. The summed E-state index contributed by atoms with van der Waals surface area (Å²) >= 11 is 0. The van der Waals surface area contributed by atoms with Crippen LogP contribution in [0.25, 0.3) is 0 Å². The van der Waals surface area contributed by atoms with Crippen LogP contribution in [0.1, 0.15) is 271 Å². The molecular formula is C62H109NO3. The molecule has 0 bridgehead atoms. The fourth-order valence-electron chi connectivity index (χ4n) is 8.32. The number of carbonyl (C=O) groups excluding carboxylic acids is 1. The summed E-state index contributed by atoms with van der Waals surface area (Å²) in [7, 11) is 0. The van der Waals surface area contributed by atoms with Gasteiger partial charge in [-0.15, -0.1) is 0 Å². The Morgan fingerprint density at radius 1 is 0.379 bits per heavy atom. The first-order valence-corrected chi connectivity index (χ1v) is 28.4. The van der Waals surface area contributed by atoms with Crippen molar-refractivity contribution < 1.29 is 15.0 Å². The lowest BCUT2D eigenvalue weighted by atomic mass is 10.0. The van der Waals surface area contributed by atoms with Crippen LogP contribution >= 0.6 is 0 Å². The maximum Gasteiger partial charge on any atom is 0.220 e. The highest BCUT2D eigenvalue weighted by Crippen LogP contribution is 2.17. The van der Waals surface area contributed by atoms with Crippen molar-refractivity contribution in [3.8, 4) is 0 Å². The zero-order valence-corrected chi connectivity index (χ0v) is 43.7. The monoisotopic (exact) mass is 916 g/mol. The summed E-state index contributed by atoms with van der Waals surface area (Å²) < 4.78 is 0. The molecule has 0 radical (unpaired) electrons. The van der Waals surface area contributed by atoms with E-state index in [-0.39, 0.29) is 12.5 Å². The predicted octanol–water partition coefficient (Wildman–Crippen LogP) is 18.9. The molecule has 3 N–H and O–H groups in total.